The van der Waals surface area contributed by atoms with Crippen LogP contribution in [0.4, 0.5) is 5.69 Å². The van der Waals surface area contributed by atoms with Crippen molar-refractivity contribution in [2.24, 2.45) is 5.73 Å². The molecule has 1 aromatic heterocycles. The highest BCUT2D eigenvalue weighted by atomic mass is 16.6. The van der Waals surface area contributed by atoms with E-state index in [2.05, 4.69) is 10.3 Å². The van der Waals surface area contributed by atoms with Crippen molar-refractivity contribution in [3.05, 3.63) is 24.5 Å². The Labute approximate surface area is 74.9 Å². The number of rotatable bonds is 2. The molecule has 2 heterocycles. The number of anilines is 1. The smallest absolute Gasteiger partial charge is 0.257 e. The van der Waals surface area contributed by atoms with E-state index in [0.29, 0.717) is 5.69 Å². The fourth-order valence-corrected chi connectivity index (χ4v) is 0.984. The second-order valence-electron chi connectivity index (χ2n) is 2.75. The molecule has 0 aromatic carbocycles. The van der Waals surface area contributed by atoms with Crippen LogP contribution in [0.5, 0.6) is 0 Å². The van der Waals surface area contributed by atoms with E-state index < -0.39 is 12.3 Å². The molecule has 68 valence electrons. The largest absolute Gasteiger partial charge is 0.343 e. The lowest BCUT2D eigenvalue weighted by atomic mass is 10.3. The molecular formula is C8H9N3O2. The van der Waals surface area contributed by atoms with Crippen LogP contribution in [0, 0.1) is 0 Å². The highest BCUT2D eigenvalue weighted by molar-refractivity contribution is 5.95. The first-order valence-electron chi connectivity index (χ1n) is 3.89. The average Bonchev–Trinajstić information content (AvgIpc) is 2.84. The maximum absolute atomic E-state index is 11.2. The number of nitrogens with two attached hydrogens (primary N) is 1. The quantitative estimate of drug-likeness (QED) is 0.611. The van der Waals surface area contributed by atoms with Crippen molar-refractivity contribution in [3.8, 4) is 0 Å². The lowest BCUT2D eigenvalue weighted by Crippen LogP contribution is -2.22. The van der Waals surface area contributed by atoms with E-state index in [1.807, 2.05) is 0 Å². The van der Waals surface area contributed by atoms with Gasteiger partial charge < -0.3 is 15.8 Å². The molecule has 3 N–H and O–H groups in total. The molecule has 1 amide bonds. The number of carbonyl (C=O) groups is 1. The van der Waals surface area contributed by atoms with Crippen molar-refractivity contribution in [1.82, 2.24) is 4.98 Å². The van der Waals surface area contributed by atoms with Crippen LogP contribution in [0.25, 0.3) is 0 Å². The Kier molecular flexibility index (Phi) is 1.96. The fraction of sp³-hybridized carbons (Fsp3) is 0.250. The molecule has 1 aliphatic rings. The Morgan fingerprint density at radius 2 is 2.15 bits per heavy atom. The van der Waals surface area contributed by atoms with Crippen LogP contribution in [-0.4, -0.2) is 23.2 Å². The van der Waals surface area contributed by atoms with Gasteiger partial charge in [-0.2, -0.15) is 0 Å². The maximum Gasteiger partial charge on any atom is 0.257 e. The summed E-state index contributed by atoms with van der Waals surface area (Å²) in [6.45, 7) is 0. The maximum atomic E-state index is 11.2. The van der Waals surface area contributed by atoms with E-state index in [9.17, 15) is 4.79 Å². The first kappa shape index (κ1) is 8.15. The van der Waals surface area contributed by atoms with Gasteiger partial charge in [0, 0.05) is 18.1 Å². The zero-order valence-electron chi connectivity index (χ0n) is 6.81. The zero-order chi connectivity index (χ0) is 9.26. The number of nitrogens with one attached hydrogen (secondary N) is 1. The average molecular weight is 179 g/mol. The van der Waals surface area contributed by atoms with Gasteiger partial charge in [0.25, 0.3) is 5.91 Å². The Morgan fingerprint density at radius 1 is 1.54 bits per heavy atom. The SMILES string of the molecule is NC1OC1C(=O)Nc1ccncc1. The van der Waals surface area contributed by atoms with Crippen molar-refractivity contribution >= 4 is 11.6 Å². The molecule has 0 radical (unpaired) electrons. The molecule has 1 fully saturated rings. The van der Waals surface area contributed by atoms with Crippen LogP contribution in [0.1, 0.15) is 0 Å². The van der Waals surface area contributed by atoms with Crippen molar-refractivity contribution < 1.29 is 9.53 Å². The molecule has 2 unspecified atom stereocenters. The normalized spacial score (nSPS) is 25.3. The first-order valence-corrected chi connectivity index (χ1v) is 3.89. The minimum Gasteiger partial charge on any atom is -0.343 e. The minimum atomic E-state index is -0.492. The number of carbonyl (C=O) groups excluding carboxylic acids is 1. The number of hydrogen-bond donors (Lipinski definition) is 2. The monoisotopic (exact) mass is 179 g/mol. The van der Waals surface area contributed by atoms with Gasteiger partial charge in [-0.25, -0.2) is 0 Å². The summed E-state index contributed by atoms with van der Waals surface area (Å²) in [5.74, 6) is -0.210. The summed E-state index contributed by atoms with van der Waals surface area (Å²) in [6, 6.07) is 3.40. The molecule has 0 spiro atoms. The minimum absolute atomic E-state index is 0.210. The van der Waals surface area contributed by atoms with Crippen LogP contribution >= 0.6 is 0 Å². The van der Waals surface area contributed by atoms with Crippen molar-refractivity contribution in [2.75, 3.05) is 5.32 Å². The highest BCUT2D eigenvalue weighted by Gasteiger charge is 2.42. The molecule has 0 bridgehead atoms. The second kappa shape index (κ2) is 3.12. The Morgan fingerprint density at radius 3 is 2.69 bits per heavy atom. The van der Waals surface area contributed by atoms with Gasteiger partial charge in [-0.05, 0) is 12.1 Å². The van der Waals surface area contributed by atoms with E-state index in [-0.39, 0.29) is 5.91 Å². The molecule has 13 heavy (non-hydrogen) atoms. The molecule has 5 nitrogen and oxygen atoms in total. The predicted molar refractivity (Wildman–Crippen MR) is 45.7 cm³/mol. The van der Waals surface area contributed by atoms with Gasteiger partial charge in [0.05, 0.1) is 0 Å². The summed E-state index contributed by atoms with van der Waals surface area (Å²) < 4.78 is 4.80. The summed E-state index contributed by atoms with van der Waals surface area (Å²) in [5, 5.41) is 2.65. The van der Waals surface area contributed by atoms with Crippen LogP contribution in [0.3, 0.4) is 0 Å². The number of aromatic nitrogens is 1. The third kappa shape index (κ3) is 1.82. The number of pyridine rings is 1. The molecule has 0 aliphatic carbocycles. The van der Waals surface area contributed by atoms with Crippen molar-refractivity contribution in [1.29, 1.82) is 0 Å². The van der Waals surface area contributed by atoms with Gasteiger partial charge in [0.15, 0.2) is 6.10 Å². The molecule has 5 heteroatoms. The van der Waals surface area contributed by atoms with Gasteiger partial charge in [0.1, 0.15) is 6.23 Å². The number of amides is 1. The van der Waals surface area contributed by atoms with Gasteiger partial charge in [-0.15, -0.1) is 0 Å². The van der Waals surface area contributed by atoms with Crippen LogP contribution < -0.4 is 11.1 Å². The Hall–Kier alpha value is -1.46. The van der Waals surface area contributed by atoms with Crippen molar-refractivity contribution in [3.63, 3.8) is 0 Å². The molecule has 2 rings (SSSR count). The summed E-state index contributed by atoms with van der Waals surface area (Å²) in [7, 11) is 0. The first-order chi connectivity index (χ1) is 6.27. The van der Waals surface area contributed by atoms with Gasteiger partial charge >= 0.3 is 0 Å². The van der Waals surface area contributed by atoms with Gasteiger partial charge in [0.2, 0.25) is 0 Å². The van der Waals surface area contributed by atoms with E-state index in [4.69, 9.17) is 10.5 Å². The van der Waals surface area contributed by atoms with Crippen molar-refractivity contribution in [2.45, 2.75) is 12.3 Å². The Balaban J connectivity index is 1.95. The lowest BCUT2D eigenvalue weighted by molar-refractivity contribution is -0.117. The molecule has 1 aromatic rings. The van der Waals surface area contributed by atoms with E-state index in [1.165, 1.54) is 0 Å². The van der Waals surface area contributed by atoms with Gasteiger partial charge in [-0.3, -0.25) is 9.78 Å². The number of epoxide rings is 1. The summed E-state index contributed by atoms with van der Waals surface area (Å²) in [5.41, 5.74) is 6.02. The molecule has 1 saturated heterocycles. The van der Waals surface area contributed by atoms with E-state index in [1.54, 1.807) is 24.5 Å². The number of nitrogens with zero attached hydrogens (tertiary/aromatic N) is 1. The summed E-state index contributed by atoms with van der Waals surface area (Å²) in [4.78, 5) is 15.1. The topological polar surface area (TPSA) is 80.5 Å². The fourth-order valence-electron chi connectivity index (χ4n) is 0.984. The van der Waals surface area contributed by atoms with E-state index in [0.717, 1.165) is 0 Å². The van der Waals surface area contributed by atoms with Crippen LogP contribution in [0.2, 0.25) is 0 Å². The third-order valence-corrected chi connectivity index (χ3v) is 1.73. The zero-order valence-corrected chi connectivity index (χ0v) is 6.81. The number of hydrogen-bond acceptors (Lipinski definition) is 4. The van der Waals surface area contributed by atoms with Crippen LogP contribution in [-0.2, 0) is 9.53 Å². The third-order valence-electron chi connectivity index (χ3n) is 1.73. The molecular weight excluding hydrogens is 170 g/mol. The predicted octanol–water partition coefficient (Wildman–Crippen LogP) is -0.296. The number of ether oxygens (including phenoxy) is 1. The summed E-state index contributed by atoms with van der Waals surface area (Å²) >= 11 is 0. The Bertz CT molecular complexity index is 314. The molecule has 0 saturated carbocycles. The van der Waals surface area contributed by atoms with Gasteiger partial charge in [-0.1, -0.05) is 0 Å². The van der Waals surface area contributed by atoms with Crippen LogP contribution in [0.15, 0.2) is 24.5 Å². The van der Waals surface area contributed by atoms with E-state index >= 15 is 0 Å². The summed E-state index contributed by atoms with van der Waals surface area (Å²) in [6.07, 6.45) is 2.27. The second-order valence-corrected chi connectivity index (χ2v) is 2.75. The highest BCUT2D eigenvalue weighted by Crippen LogP contribution is 2.18. The molecule has 1 aliphatic heterocycles. The standard InChI is InChI=1S/C8H9N3O2/c9-7-6(13-7)8(12)11-5-1-3-10-4-2-5/h1-4,6-7H,9H2,(H,10,11,12). The molecule has 2 atom stereocenters. The lowest BCUT2D eigenvalue weighted by Gasteiger charge is -2.00.